The van der Waals surface area contributed by atoms with Gasteiger partial charge in [0.05, 0.1) is 10.0 Å². The quantitative estimate of drug-likeness (QED) is 0.405. The van der Waals surface area contributed by atoms with Gasteiger partial charge in [0.2, 0.25) is 11.7 Å². The van der Waals surface area contributed by atoms with Crippen molar-refractivity contribution in [3.8, 4) is 0 Å². The Balaban J connectivity index is 1.26. The van der Waals surface area contributed by atoms with E-state index in [1.54, 1.807) is 25.2 Å². The summed E-state index contributed by atoms with van der Waals surface area (Å²) < 4.78 is 0. The van der Waals surface area contributed by atoms with E-state index in [9.17, 15) is 19.2 Å². The highest BCUT2D eigenvalue weighted by Gasteiger charge is 2.44. The molecule has 2 fully saturated rings. The summed E-state index contributed by atoms with van der Waals surface area (Å²) in [7, 11) is 1.60. The summed E-state index contributed by atoms with van der Waals surface area (Å²) in [6.45, 7) is 3.83. The molecule has 0 bridgehead atoms. The first-order valence-corrected chi connectivity index (χ1v) is 12.6. The number of nitrogens with zero attached hydrogens (tertiary/aromatic N) is 4. The Labute approximate surface area is 220 Å². The molecule has 1 atom stereocenters. The Kier molecular flexibility index (Phi) is 8.28. The van der Waals surface area contributed by atoms with Crippen molar-refractivity contribution in [1.82, 2.24) is 19.6 Å². The van der Waals surface area contributed by atoms with E-state index in [0.717, 1.165) is 5.56 Å². The minimum Gasteiger partial charge on any atom is -0.341 e. The molecule has 10 heteroatoms. The average Bonchev–Trinajstić information content (AvgIpc) is 3.18. The van der Waals surface area contributed by atoms with Crippen molar-refractivity contribution in [2.24, 2.45) is 5.92 Å². The molecule has 2 saturated heterocycles. The Morgan fingerprint density at radius 2 is 1.64 bits per heavy atom. The van der Waals surface area contributed by atoms with E-state index in [1.165, 1.54) is 9.80 Å². The van der Waals surface area contributed by atoms with Gasteiger partial charge in [-0.25, -0.2) is 0 Å². The SMILES string of the molecule is CN(Cc1ccc(Cl)c(Cl)c1)C(=O)C1CN(CCN2CCN(C(=O)c3ccccc3)CC2)C(=O)C1=O. The molecule has 1 unspecified atom stereocenters. The normalized spacial score (nSPS) is 18.6. The van der Waals surface area contributed by atoms with Gasteiger partial charge in [-0.1, -0.05) is 47.5 Å². The number of halogens is 2. The van der Waals surface area contributed by atoms with Gasteiger partial charge in [-0.3, -0.25) is 24.1 Å². The summed E-state index contributed by atoms with van der Waals surface area (Å²) >= 11 is 12.0. The second-order valence-electron chi connectivity index (χ2n) is 9.11. The van der Waals surface area contributed by atoms with Crippen molar-refractivity contribution >= 4 is 46.7 Å². The van der Waals surface area contributed by atoms with E-state index in [4.69, 9.17) is 23.2 Å². The molecule has 0 N–H and O–H groups in total. The third kappa shape index (κ3) is 5.88. The van der Waals surface area contributed by atoms with Crippen molar-refractivity contribution in [2.75, 3.05) is 52.9 Å². The van der Waals surface area contributed by atoms with Crippen molar-refractivity contribution in [3.63, 3.8) is 0 Å². The van der Waals surface area contributed by atoms with E-state index in [0.29, 0.717) is 54.9 Å². The summed E-state index contributed by atoms with van der Waals surface area (Å²) in [4.78, 5) is 57.6. The highest BCUT2D eigenvalue weighted by atomic mass is 35.5. The van der Waals surface area contributed by atoms with Gasteiger partial charge in [-0.05, 0) is 29.8 Å². The summed E-state index contributed by atoms with van der Waals surface area (Å²) in [6, 6.07) is 14.3. The molecule has 2 aromatic rings. The lowest BCUT2D eigenvalue weighted by Crippen LogP contribution is -2.50. The van der Waals surface area contributed by atoms with Crippen LogP contribution in [0, 0.1) is 5.92 Å². The Morgan fingerprint density at radius 1 is 0.944 bits per heavy atom. The maximum absolute atomic E-state index is 12.9. The fourth-order valence-corrected chi connectivity index (χ4v) is 4.85. The van der Waals surface area contributed by atoms with Crippen LogP contribution in [0.4, 0.5) is 0 Å². The van der Waals surface area contributed by atoms with Crippen molar-refractivity contribution in [2.45, 2.75) is 6.54 Å². The van der Waals surface area contributed by atoms with Gasteiger partial charge < -0.3 is 14.7 Å². The molecule has 3 amide bonds. The fourth-order valence-electron chi connectivity index (χ4n) is 4.53. The number of likely N-dealkylation sites (tertiary alicyclic amines) is 1. The minimum atomic E-state index is -1.01. The molecule has 2 aromatic carbocycles. The smallest absolute Gasteiger partial charge is 0.290 e. The third-order valence-corrected chi connectivity index (χ3v) is 7.40. The number of rotatable bonds is 7. The molecular weight excluding hydrogens is 503 g/mol. The maximum Gasteiger partial charge on any atom is 0.290 e. The van der Waals surface area contributed by atoms with E-state index >= 15 is 0 Å². The number of carbonyl (C=O) groups excluding carboxylic acids is 4. The number of benzene rings is 2. The van der Waals surface area contributed by atoms with Crippen molar-refractivity contribution < 1.29 is 19.2 Å². The van der Waals surface area contributed by atoms with E-state index in [2.05, 4.69) is 4.90 Å². The zero-order valence-corrected chi connectivity index (χ0v) is 21.5. The molecule has 0 aromatic heterocycles. The van der Waals surface area contributed by atoms with Crippen molar-refractivity contribution in [1.29, 1.82) is 0 Å². The predicted octanol–water partition coefficient (Wildman–Crippen LogP) is 2.44. The molecule has 0 spiro atoms. The third-order valence-electron chi connectivity index (χ3n) is 6.66. The number of ketones is 1. The van der Waals surface area contributed by atoms with Crippen LogP contribution >= 0.6 is 23.2 Å². The molecule has 36 heavy (non-hydrogen) atoms. The lowest BCUT2D eigenvalue weighted by Gasteiger charge is -2.35. The van der Waals surface area contributed by atoms with Crippen LogP contribution in [-0.4, -0.2) is 96.0 Å². The summed E-state index contributed by atoms with van der Waals surface area (Å²) in [5.41, 5.74) is 1.45. The highest BCUT2D eigenvalue weighted by molar-refractivity contribution is 6.42. The maximum atomic E-state index is 12.9. The largest absolute Gasteiger partial charge is 0.341 e. The molecule has 2 aliphatic rings. The number of amides is 3. The van der Waals surface area contributed by atoms with Crippen LogP contribution in [0.2, 0.25) is 10.0 Å². The van der Waals surface area contributed by atoms with Crippen LogP contribution in [0.3, 0.4) is 0 Å². The van der Waals surface area contributed by atoms with E-state index < -0.39 is 23.5 Å². The van der Waals surface area contributed by atoms with E-state index in [1.807, 2.05) is 35.2 Å². The average molecular weight is 531 g/mol. The molecule has 8 nitrogen and oxygen atoms in total. The Morgan fingerprint density at radius 3 is 2.31 bits per heavy atom. The Bertz CT molecular complexity index is 1150. The lowest BCUT2D eigenvalue weighted by molar-refractivity contribution is -0.144. The molecule has 0 aliphatic carbocycles. The topological polar surface area (TPSA) is 81.2 Å². The summed E-state index contributed by atoms with van der Waals surface area (Å²) in [6.07, 6.45) is 0. The summed E-state index contributed by atoms with van der Waals surface area (Å²) in [5, 5.41) is 0.810. The zero-order chi connectivity index (χ0) is 25.8. The predicted molar refractivity (Wildman–Crippen MR) is 137 cm³/mol. The molecule has 0 saturated carbocycles. The molecule has 0 radical (unpaired) electrons. The minimum absolute atomic E-state index is 0.0157. The monoisotopic (exact) mass is 530 g/mol. The number of hydrogen-bond donors (Lipinski definition) is 0. The van der Waals surface area contributed by atoms with Gasteiger partial charge in [-0.15, -0.1) is 0 Å². The zero-order valence-electron chi connectivity index (χ0n) is 20.0. The van der Waals surface area contributed by atoms with Gasteiger partial charge in [0.1, 0.15) is 5.92 Å². The van der Waals surface area contributed by atoms with Crippen LogP contribution in [0.5, 0.6) is 0 Å². The van der Waals surface area contributed by atoms with Crippen LogP contribution < -0.4 is 0 Å². The fraction of sp³-hybridized carbons (Fsp3) is 0.385. The highest BCUT2D eigenvalue weighted by Crippen LogP contribution is 2.24. The molecule has 4 rings (SSSR count). The second-order valence-corrected chi connectivity index (χ2v) is 9.93. The van der Waals surface area contributed by atoms with Gasteiger partial charge >= 0.3 is 0 Å². The molecule has 190 valence electrons. The number of Topliss-reactive ketones (excluding diaryl/α,β-unsaturated/α-hetero) is 1. The van der Waals surface area contributed by atoms with Crippen LogP contribution in [0.15, 0.2) is 48.5 Å². The van der Waals surface area contributed by atoms with E-state index in [-0.39, 0.29) is 19.0 Å². The standard InChI is InChI=1S/C26H28Cl2N4O4/c1-29(16-18-7-8-21(27)22(28)15-18)25(35)20-17-32(26(36)23(20)33)14-11-30-9-12-31(13-10-30)24(34)19-5-3-2-4-6-19/h2-8,15,20H,9-14,16-17H2,1H3. The van der Waals surface area contributed by atoms with Crippen LogP contribution in [0.1, 0.15) is 15.9 Å². The molecule has 2 heterocycles. The summed E-state index contributed by atoms with van der Waals surface area (Å²) in [5.74, 6) is -2.67. The number of hydrogen-bond acceptors (Lipinski definition) is 5. The van der Waals surface area contributed by atoms with Crippen molar-refractivity contribution in [3.05, 3.63) is 69.7 Å². The molecular formula is C26H28Cl2N4O4. The lowest BCUT2D eigenvalue weighted by atomic mass is 10.1. The first-order valence-electron chi connectivity index (χ1n) is 11.8. The van der Waals surface area contributed by atoms with Gasteiger partial charge in [0.15, 0.2) is 0 Å². The van der Waals surface area contributed by atoms with Crippen LogP contribution in [0.25, 0.3) is 0 Å². The second kappa shape index (κ2) is 11.4. The van der Waals surface area contributed by atoms with Gasteiger partial charge in [-0.2, -0.15) is 0 Å². The number of carbonyl (C=O) groups is 4. The Hall–Kier alpha value is -2.94. The van der Waals surface area contributed by atoms with Gasteiger partial charge in [0, 0.05) is 65.0 Å². The van der Waals surface area contributed by atoms with Crippen LogP contribution in [-0.2, 0) is 20.9 Å². The first kappa shape index (κ1) is 26.1. The van der Waals surface area contributed by atoms with Gasteiger partial charge in [0.25, 0.3) is 11.8 Å². The number of piperazine rings is 1. The molecule has 2 aliphatic heterocycles. The first-order chi connectivity index (χ1) is 17.2.